The molecule has 0 saturated carbocycles. The number of para-hydroxylation sites is 2. The maximum atomic E-state index is 6.29. The molecule has 0 atom stereocenters. The summed E-state index contributed by atoms with van der Waals surface area (Å²) in [4.78, 5) is 42.4. The van der Waals surface area contributed by atoms with Crippen LogP contribution in [-0.4, -0.2) is 44.9 Å². The quantitative estimate of drug-likeness (QED) is 0.0978. The lowest BCUT2D eigenvalue weighted by molar-refractivity contribution is 0.670. The van der Waals surface area contributed by atoms with Gasteiger partial charge in [-0.1, -0.05) is 352 Å². The summed E-state index contributed by atoms with van der Waals surface area (Å²) in [7, 11) is 0. The molecule has 15 aromatic carbocycles. The molecule has 592 valence electrons. The number of aromatic nitrogens is 9. The summed E-state index contributed by atoms with van der Waals surface area (Å²) in [6.45, 7) is 0. The number of hydrogen-bond donors (Lipinski definition) is 0. The van der Waals surface area contributed by atoms with Crippen LogP contribution in [0.2, 0.25) is 0 Å². The SMILES string of the molecule is c1ccc(-c2ccc(-c3cc(-c4ccc(-c5cccc6c5oc5ccccc56)cc4)nc(-c4ccncc4)n3)cc2)cc1.c1ccc(-c2ccc(-c3cc(-c4ccc(-c5cccc6c5sc5ccccc56)cc4)nc(-c4ccncc4)n3)cc2)cc1.c1ccc(-c2ccc(-c3cc(-c4ccc(-c5cccc6ccccc56)cc4)nc(-c4ccncc4)n3)cc2)cc1. The molecule has 0 bridgehead atoms. The molecule has 10 nitrogen and oxygen atoms in total. The first-order chi connectivity index (χ1) is 62.4. The van der Waals surface area contributed by atoms with Crippen LogP contribution >= 0.6 is 11.3 Å². The normalized spacial score (nSPS) is 11.2. The Bertz CT molecular complexity index is 7470. The molecule has 0 saturated heterocycles. The van der Waals surface area contributed by atoms with Crippen molar-refractivity contribution < 1.29 is 4.42 Å². The first-order valence-electron chi connectivity index (χ1n) is 41.9. The third-order valence-corrected chi connectivity index (χ3v) is 24.2. The van der Waals surface area contributed by atoms with E-state index in [1.54, 1.807) is 37.2 Å². The van der Waals surface area contributed by atoms with Crippen molar-refractivity contribution >= 4 is 64.2 Å². The molecule has 0 aliphatic heterocycles. The molecule has 11 heteroatoms. The number of nitrogens with zero attached hydrogens (tertiary/aromatic N) is 9. The molecule has 0 spiro atoms. The van der Waals surface area contributed by atoms with Crippen LogP contribution in [-0.2, 0) is 0 Å². The monoisotopic (exact) mass is 1630 g/mol. The highest BCUT2D eigenvalue weighted by Gasteiger charge is 2.20. The van der Waals surface area contributed by atoms with Crippen molar-refractivity contribution in [3.05, 3.63) is 456 Å². The Morgan fingerprint density at radius 2 is 0.468 bits per heavy atom. The number of thiophene rings is 1. The lowest BCUT2D eigenvalue weighted by atomic mass is 9.97. The summed E-state index contributed by atoms with van der Waals surface area (Å²) in [5, 5.41) is 7.37. The second-order valence-corrected chi connectivity index (χ2v) is 31.8. The smallest absolute Gasteiger partial charge is 0.160 e. The van der Waals surface area contributed by atoms with Gasteiger partial charge in [0.25, 0.3) is 0 Å². The summed E-state index contributed by atoms with van der Waals surface area (Å²) < 4.78 is 8.93. The molecule has 0 aliphatic rings. The van der Waals surface area contributed by atoms with Crippen molar-refractivity contribution in [1.29, 1.82) is 0 Å². The van der Waals surface area contributed by atoms with Crippen molar-refractivity contribution in [3.63, 3.8) is 0 Å². The van der Waals surface area contributed by atoms with Crippen LogP contribution in [0.4, 0.5) is 0 Å². The van der Waals surface area contributed by atoms with Gasteiger partial charge < -0.3 is 4.42 Å². The summed E-state index contributed by atoms with van der Waals surface area (Å²) in [6, 6.07) is 146. The Morgan fingerprint density at radius 3 is 0.889 bits per heavy atom. The van der Waals surface area contributed by atoms with Crippen LogP contribution in [0.25, 0.3) is 221 Å². The first kappa shape index (κ1) is 76.7. The number of fused-ring (bicyclic) bond motifs is 7. The van der Waals surface area contributed by atoms with E-state index < -0.39 is 0 Å². The van der Waals surface area contributed by atoms with Gasteiger partial charge in [-0.3, -0.25) is 15.0 Å². The van der Waals surface area contributed by atoms with Gasteiger partial charge in [-0.2, -0.15) is 0 Å². The van der Waals surface area contributed by atoms with E-state index in [1.807, 2.05) is 84.1 Å². The Labute approximate surface area is 732 Å². The van der Waals surface area contributed by atoms with Crippen LogP contribution in [0.5, 0.6) is 0 Å². The van der Waals surface area contributed by atoms with Gasteiger partial charge in [0.15, 0.2) is 17.5 Å². The molecule has 126 heavy (non-hydrogen) atoms. The van der Waals surface area contributed by atoms with Gasteiger partial charge >= 0.3 is 0 Å². The maximum absolute atomic E-state index is 6.29. The van der Waals surface area contributed by atoms with Gasteiger partial charge in [-0.15, -0.1) is 11.3 Å². The minimum atomic E-state index is 0.665. The molecule has 0 aliphatic carbocycles. The van der Waals surface area contributed by atoms with E-state index in [9.17, 15) is 0 Å². The minimum absolute atomic E-state index is 0.665. The zero-order valence-corrected chi connectivity index (χ0v) is 69.0. The van der Waals surface area contributed by atoms with Crippen molar-refractivity contribution in [2.45, 2.75) is 0 Å². The van der Waals surface area contributed by atoms with Crippen molar-refractivity contribution in [2.24, 2.45) is 0 Å². The lowest BCUT2D eigenvalue weighted by Gasteiger charge is -2.11. The largest absolute Gasteiger partial charge is 0.455 e. The molecular weight excluding hydrogens is 1560 g/mol. The van der Waals surface area contributed by atoms with Crippen molar-refractivity contribution in [3.8, 4) is 168 Å². The van der Waals surface area contributed by atoms with E-state index in [2.05, 4.69) is 361 Å². The highest BCUT2D eigenvalue weighted by atomic mass is 32.1. The third kappa shape index (κ3) is 16.1. The molecule has 23 aromatic rings. The zero-order valence-electron chi connectivity index (χ0n) is 68.1. The van der Waals surface area contributed by atoms with Gasteiger partial charge in [0.2, 0.25) is 0 Å². The first-order valence-corrected chi connectivity index (χ1v) is 42.7. The molecule has 0 amide bonds. The fourth-order valence-corrected chi connectivity index (χ4v) is 17.6. The fraction of sp³-hybridized carbons (Fsp3) is 0. The molecule has 0 N–H and O–H groups in total. The van der Waals surface area contributed by atoms with Crippen LogP contribution in [0, 0.1) is 0 Å². The number of rotatable bonds is 15. The maximum Gasteiger partial charge on any atom is 0.160 e. The molecule has 8 heterocycles. The minimum Gasteiger partial charge on any atom is -0.455 e. The van der Waals surface area contributed by atoms with E-state index in [0.717, 1.165) is 117 Å². The van der Waals surface area contributed by atoms with Crippen LogP contribution in [0.3, 0.4) is 0 Å². The average Bonchev–Trinajstić information content (AvgIpc) is 1.61. The number of hydrogen-bond acceptors (Lipinski definition) is 11. The van der Waals surface area contributed by atoms with Crippen molar-refractivity contribution in [2.75, 3.05) is 0 Å². The third-order valence-electron chi connectivity index (χ3n) is 22.9. The lowest BCUT2D eigenvalue weighted by Crippen LogP contribution is -1.96. The second-order valence-electron chi connectivity index (χ2n) is 30.7. The second kappa shape index (κ2) is 34.8. The van der Waals surface area contributed by atoms with E-state index >= 15 is 0 Å². The van der Waals surface area contributed by atoms with Crippen molar-refractivity contribution in [1.82, 2.24) is 44.9 Å². The van der Waals surface area contributed by atoms with E-state index in [1.165, 1.54) is 86.6 Å². The highest BCUT2D eigenvalue weighted by molar-refractivity contribution is 7.26. The summed E-state index contributed by atoms with van der Waals surface area (Å²) in [5.41, 5.74) is 30.2. The van der Waals surface area contributed by atoms with Gasteiger partial charge in [-0.25, -0.2) is 29.9 Å². The summed E-state index contributed by atoms with van der Waals surface area (Å²) in [6.07, 6.45) is 10.7. The van der Waals surface area contributed by atoms with Gasteiger partial charge in [0, 0.05) is 124 Å². The topological polar surface area (TPSA) is 129 Å². The number of pyridine rings is 3. The molecule has 8 aromatic heterocycles. The molecule has 0 fully saturated rings. The summed E-state index contributed by atoms with van der Waals surface area (Å²) >= 11 is 1.86. The predicted octanol–water partition coefficient (Wildman–Crippen LogP) is 30.0. The van der Waals surface area contributed by atoms with Crippen LogP contribution < -0.4 is 0 Å². The molecule has 0 radical (unpaired) electrons. The van der Waals surface area contributed by atoms with E-state index in [-0.39, 0.29) is 0 Å². The fourth-order valence-electron chi connectivity index (χ4n) is 16.4. The van der Waals surface area contributed by atoms with Gasteiger partial charge in [0.05, 0.1) is 34.2 Å². The van der Waals surface area contributed by atoms with E-state index in [4.69, 9.17) is 34.3 Å². The molecule has 0 unspecified atom stereocenters. The van der Waals surface area contributed by atoms with Gasteiger partial charge in [0.1, 0.15) is 11.2 Å². The zero-order chi connectivity index (χ0) is 83.9. The molecular formula is C115H75N9OS. The number of furan rings is 1. The predicted molar refractivity (Wildman–Crippen MR) is 519 cm³/mol. The average molecular weight is 1630 g/mol. The molecule has 23 rings (SSSR count). The number of benzene rings is 15. The van der Waals surface area contributed by atoms with Crippen LogP contribution in [0.15, 0.2) is 460 Å². The Kier molecular flexibility index (Phi) is 21.2. The highest BCUT2D eigenvalue weighted by Crippen LogP contribution is 2.43. The standard InChI is InChI=1S/C39H25N3O.C39H25N3S.C37H25N3/c2*1-2-7-26(8-3-1)27-13-17-29(18-14-27)35-25-36(42-39(41-35)31-21-23-40-24-22-31)30-19-15-28(16-20-30)32-10-6-11-34-33-9-4-5-12-37(33)43-38(32)34;1-2-7-26(8-3-1)27-13-17-30(18-14-27)35-25-36(40-37(39-35)32-21-23-38-24-22-32)31-19-15-29(16-20-31)34-12-6-10-28-9-4-5-11-33(28)34/h2*1-25H;1-25H. The Hall–Kier alpha value is -16.7. The van der Waals surface area contributed by atoms with E-state index in [0.29, 0.717) is 17.5 Å². The van der Waals surface area contributed by atoms with Gasteiger partial charge in [-0.05, 0) is 139 Å². The van der Waals surface area contributed by atoms with Crippen LogP contribution in [0.1, 0.15) is 0 Å². The Balaban J connectivity index is 0.000000115. The Morgan fingerprint density at radius 1 is 0.183 bits per heavy atom. The summed E-state index contributed by atoms with van der Waals surface area (Å²) in [5.74, 6) is 2.03.